The summed E-state index contributed by atoms with van der Waals surface area (Å²) in [7, 11) is 0. The summed E-state index contributed by atoms with van der Waals surface area (Å²) in [6, 6.07) is 11.4. The average Bonchev–Trinajstić information content (AvgIpc) is 3.01. The van der Waals surface area contributed by atoms with Crippen molar-refractivity contribution in [3.8, 4) is 0 Å². The number of nitrogens with zero attached hydrogens (tertiary/aromatic N) is 2. The number of benzene rings is 1. The molecule has 1 aromatic heterocycles. The van der Waals surface area contributed by atoms with Crippen LogP contribution in [0.4, 0.5) is 5.82 Å². The molecule has 0 spiro atoms. The van der Waals surface area contributed by atoms with Crippen molar-refractivity contribution in [1.82, 2.24) is 15.1 Å². The van der Waals surface area contributed by atoms with E-state index in [2.05, 4.69) is 20.4 Å². The number of likely N-dealkylation sites (tertiary alicyclic amines) is 1. The second-order valence-electron chi connectivity index (χ2n) is 5.64. The van der Waals surface area contributed by atoms with Gasteiger partial charge in [-0.3, -0.25) is 14.8 Å². The lowest BCUT2D eigenvalue weighted by Gasteiger charge is -2.39. The summed E-state index contributed by atoms with van der Waals surface area (Å²) in [5, 5.41) is 9.25. The molecule has 1 saturated heterocycles. The minimum Gasteiger partial charge on any atom is -0.461 e. The molecule has 1 aliphatic rings. The molecular weight excluding hydrogens is 308 g/mol. The number of aromatic nitrogens is 2. The molecule has 1 aliphatic heterocycles. The molecule has 1 fully saturated rings. The molecule has 0 aliphatic carbocycles. The van der Waals surface area contributed by atoms with Crippen LogP contribution in [0.2, 0.25) is 0 Å². The molecule has 126 valence electrons. The van der Waals surface area contributed by atoms with E-state index in [9.17, 15) is 9.59 Å². The van der Waals surface area contributed by atoms with E-state index in [1.807, 2.05) is 30.3 Å². The van der Waals surface area contributed by atoms with Crippen LogP contribution < -0.4 is 5.32 Å². The van der Waals surface area contributed by atoms with Gasteiger partial charge in [-0.2, -0.15) is 5.10 Å². The van der Waals surface area contributed by atoms with Gasteiger partial charge in [-0.05, 0) is 18.9 Å². The second-order valence-corrected chi connectivity index (χ2v) is 5.64. The van der Waals surface area contributed by atoms with Gasteiger partial charge in [0.1, 0.15) is 5.69 Å². The highest BCUT2D eigenvalue weighted by Crippen LogP contribution is 2.22. The van der Waals surface area contributed by atoms with Crippen molar-refractivity contribution >= 4 is 17.7 Å². The summed E-state index contributed by atoms with van der Waals surface area (Å²) in [5.74, 6) is -0.270. The van der Waals surface area contributed by atoms with Crippen molar-refractivity contribution in [2.75, 3.05) is 18.5 Å². The number of esters is 1. The Hall–Kier alpha value is -2.67. The zero-order valence-corrected chi connectivity index (χ0v) is 13.5. The molecule has 0 radical (unpaired) electrons. The lowest BCUT2D eigenvalue weighted by Crippen LogP contribution is -2.53. The van der Waals surface area contributed by atoms with Crippen molar-refractivity contribution in [3.63, 3.8) is 0 Å². The van der Waals surface area contributed by atoms with Gasteiger partial charge in [-0.25, -0.2) is 4.79 Å². The van der Waals surface area contributed by atoms with Crippen LogP contribution in [0.15, 0.2) is 36.4 Å². The fourth-order valence-corrected chi connectivity index (χ4v) is 2.65. The Balaban J connectivity index is 1.56. The van der Waals surface area contributed by atoms with Crippen molar-refractivity contribution in [1.29, 1.82) is 0 Å². The van der Waals surface area contributed by atoms with E-state index in [1.165, 1.54) is 11.6 Å². The molecule has 1 amide bonds. The predicted octanol–water partition coefficient (Wildman–Crippen LogP) is 1.80. The third-order valence-corrected chi connectivity index (χ3v) is 3.99. The first-order chi connectivity index (χ1) is 11.7. The smallest absolute Gasteiger partial charge is 0.356 e. The number of H-pyrrole nitrogens is 1. The Kier molecular flexibility index (Phi) is 4.90. The quantitative estimate of drug-likeness (QED) is 0.790. The average molecular weight is 328 g/mol. The maximum Gasteiger partial charge on any atom is 0.356 e. The van der Waals surface area contributed by atoms with Gasteiger partial charge < -0.3 is 10.1 Å². The molecular formula is C17H20N4O3. The van der Waals surface area contributed by atoms with Crippen LogP contribution in [0.25, 0.3) is 0 Å². The Morgan fingerprint density at radius 3 is 2.83 bits per heavy atom. The number of nitrogens with one attached hydrogen (secondary N) is 2. The van der Waals surface area contributed by atoms with Gasteiger partial charge in [0.15, 0.2) is 5.82 Å². The molecule has 24 heavy (non-hydrogen) atoms. The Morgan fingerprint density at radius 2 is 2.17 bits per heavy atom. The SMILES string of the molecule is CCOC(=O)c1cc(NC(=O)C2CCN2Cc2ccccc2)n[nH]1. The minimum atomic E-state index is -0.486. The topological polar surface area (TPSA) is 87.3 Å². The van der Waals surface area contributed by atoms with Crippen LogP contribution in [0.3, 0.4) is 0 Å². The summed E-state index contributed by atoms with van der Waals surface area (Å²) in [6.07, 6.45) is 0.813. The highest BCUT2D eigenvalue weighted by molar-refractivity contribution is 5.96. The van der Waals surface area contributed by atoms with Crippen molar-refractivity contribution in [3.05, 3.63) is 47.7 Å². The van der Waals surface area contributed by atoms with Crippen LogP contribution in [-0.2, 0) is 16.1 Å². The molecule has 7 nitrogen and oxygen atoms in total. The molecule has 0 saturated carbocycles. The monoisotopic (exact) mass is 328 g/mol. The first kappa shape index (κ1) is 16.2. The molecule has 1 aromatic carbocycles. The summed E-state index contributed by atoms with van der Waals surface area (Å²) in [5.41, 5.74) is 1.40. The van der Waals surface area contributed by atoms with Gasteiger partial charge in [0, 0.05) is 19.2 Å². The fraction of sp³-hybridized carbons (Fsp3) is 0.353. The molecule has 2 aromatic rings. The molecule has 2 N–H and O–H groups in total. The molecule has 2 heterocycles. The molecule has 1 atom stereocenters. The maximum absolute atomic E-state index is 12.4. The fourth-order valence-electron chi connectivity index (χ4n) is 2.65. The van der Waals surface area contributed by atoms with Crippen LogP contribution in [0, 0.1) is 0 Å². The number of rotatable bonds is 6. The normalized spacial score (nSPS) is 17.1. The molecule has 0 bridgehead atoms. The van der Waals surface area contributed by atoms with Gasteiger partial charge in [0.25, 0.3) is 0 Å². The number of ether oxygens (including phenoxy) is 1. The Bertz CT molecular complexity index is 714. The predicted molar refractivity (Wildman–Crippen MR) is 88.4 cm³/mol. The summed E-state index contributed by atoms with van der Waals surface area (Å²) in [4.78, 5) is 26.1. The van der Waals surface area contributed by atoms with E-state index in [-0.39, 0.29) is 24.2 Å². The number of carbonyl (C=O) groups excluding carboxylic acids is 2. The summed E-state index contributed by atoms with van der Waals surface area (Å²) >= 11 is 0. The van der Waals surface area contributed by atoms with Gasteiger partial charge >= 0.3 is 5.97 Å². The standard InChI is InChI=1S/C17H20N4O3/c1-2-24-17(23)13-10-15(20-19-13)18-16(22)14-8-9-21(14)11-12-6-4-3-5-7-12/h3-7,10,14H,2,8-9,11H2,1H3,(H2,18,19,20,22). The third-order valence-electron chi connectivity index (χ3n) is 3.99. The summed E-state index contributed by atoms with van der Waals surface area (Å²) in [6.45, 7) is 3.65. The van der Waals surface area contributed by atoms with Crippen LogP contribution in [0.1, 0.15) is 29.4 Å². The number of amides is 1. The van der Waals surface area contributed by atoms with Gasteiger partial charge in [0.2, 0.25) is 5.91 Å². The number of aromatic amines is 1. The second kappa shape index (κ2) is 7.27. The molecule has 1 unspecified atom stereocenters. The lowest BCUT2D eigenvalue weighted by atomic mass is 10.0. The minimum absolute atomic E-state index is 0.112. The van der Waals surface area contributed by atoms with E-state index < -0.39 is 5.97 Å². The van der Waals surface area contributed by atoms with Crippen LogP contribution >= 0.6 is 0 Å². The van der Waals surface area contributed by atoms with Crippen molar-refractivity contribution in [2.24, 2.45) is 0 Å². The lowest BCUT2D eigenvalue weighted by molar-refractivity contribution is -0.125. The van der Waals surface area contributed by atoms with Gasteiger partial charge in [0.05, 0.1) is 12.6 Å². The van der Waals surface area contributed by atoms with Gasteiger partial charge in [-0.1, -0.05) is 30.3 Å². The number of anilines is 1. The number of hydrogen-bond donors (Lipinski definition) is 2. The highest BCUT2D eigenvalue weighted by Gasteiger charge is 2.34. The third kappa shape index (κ3) is 3.62. The first-order valence-electron chi connectivity index (χ1n) is 7.98. The van der Waals surface area contributed by atoms with E-state index >= 15 is 0 Å². The van der Waals surface area contributed by atoms with E-state index in [0.717, 1.165) is 19.5 Å². The Morgan fingerprint density at radius 1 is 1.38 bits per heavy atom. The van der Waals surface area contributed by atoms with Crippen LogP contribution in [0.5, 0.6) is 0 Å². The highest BCUT2D eigenvalue weighted by atomic mass is 16.5. The largest absolute Gasteiger partial charge is 0.461 e. The number of hydrogen-bond acceptors (Lipinski definition) is 5. The van der Waals surface area contributed by atoms with E-state index in [0.29, 0.717) is 5.82 Å². The van der Waals surface area contributed by atoms with Crippen molar-refractivity contribution in [2.45, 2.75) is 25.9 Å². The van der Waals surface area contributed by atoms with E-state index in [4.69, 9.17) is 4.74 Å². The zero-order chi connectivity index (χ0) is 16.9. The van der Waals surface area contributed by atoms with E-state index in [1.54, 1.807) is 6.92 Å². The molecule has 3 rings (SSSR count). The summed E-state index contributed by atoms with van der Waals surface area (Å²) < 4.78 is 4.88. The molecule has 7 heteroatoms. The van der Waals surface area contributed by atoms with Crippen molar-refractivity contribution < 1.29 is 14.3 Å². The van der Waals surface area contributed by atoms with Crippen LogP contribution in [-0.4, -0.2) is 46.2 Å². The van der Waals surface area contributed by atoms with Gasteiger partial charge in [-0.15, -0.1) is 0 Å². The first-order valence-corrected chi connectivity index (χ1v) is 7.98. The Labute approximate surface area is 140 Å². The zero-order valence-electron chi connectivity index (χ0n) is 13.5. The number of carbonyl (C=O) groups is 2. The maximum atomic E-state index is 12.4.